The average molecular weight is 449 g/mol. The van der Waals surface area contributed by atoms with E-state index in [9.17, 15) is 14.7 Å². The largest absolute Gasteiger partial charge is 0.481 e. The lowest BCUT2D eigenvalue weighted by atomic mass is 9.47. The van der Waals surface area contributed by atoms with Crippen molar-refractivity contribution in [3.8, 4) is 0 Å². The highest BCUT2D eigenvalue weighted by atomic mass is 16.5. The third-order valence-electron chi connectivity index (χ3n) is 9.99. The first-order valence-electron chi connectivity index (χ1n) is 12.5. The number of ether oxygens (including phenoxy) is 1. The molecule has 0 unspecified atom stereocenters. The summed E-state index contributed by atoms with van der Waals surface area (Å²) in [5, 5.41) is 9.87. The first-order chi connectivity index (χ1) is 15.8. The van der Waals surface area contributed by atoms with Gasteiger partial charge in [0.25, 0.3) is 0 Å². The number of allylic oxidation sites excluding steroid dienone is 3. The first kappa shape index (κ1) is 22.4. The van der Waals surface area contributed by atoms with Crippen LogP contribution >= 0.6 is 0 Å². The molecule has 0 aliphatic heterocycles. The number of hydrogen-bond acceptors (Lipinski definition) is 3. The van der Waals surface area contributed by atoms with Crippen LogP contribution in [-0.2, 0) is 20.7 Å². The summed E-state index contributed by atoms with van der Waals surface area (Å²) in [6.45, 7) is 4.65. The van der Waals surface area contributed by atoms with Crippen molar-refractivity contribution in [1.29, 1.82) is 0 Å². The molecule has 0 spiro atoms. The second-order valence-corrected chi connectivity index (χ2v) is 11.4. The molecule has 176 valence electrons. The van der Waals surface area contributed by atoms with Gasteiger partial charge in [0.2, 0.25) is 0 Å². The summed E-state index contributed by atoms with van der Waals surface area (Å²) in [5.74, 6) is 0.656. The van der Waals surface area contributed by atoms with E-state index in [1.165, 1.54) is 18.2 Å². The molecule has 0 radical (unpaired) electrons. The minimum atomic E-state index is -0.608. The van der Waals surface area contributed by atoms with Crippen LogP contribution in [0.15, 0.2) is 53.6 Å². The maximum absolute atomic E-state index is 12.7. The number of fused-ring (bicyclic) bond motifs is 5. The Morgan fingerprint density at radius 3 is 2.55 bits per heavy atom. The maximum atomic E-state index is 12.7. The van der Waals surface area contributed by atoms with Crippen molar-refractivity contribution >= 4 is 11.9 Å². The quantitative estimate of drug-likeness (QED) is 0.589. The predicted molar refractivity (Wildman–Crippen MR) is 127 cm³/mol. The summed E-state index contributed by atoms with van der Waals surface area (Å²) in [6.07, 6.45) is 11.2. The molecule has 4 aliphatic rings. The molecule has 4 aliphatic carbocycles. The van der Waals surface area contributed by atoms with Crippen LogP contribution in [0.1, 0.15) is 57.9 Å². The Bertz CT molecular complexity index is 1010. The van der Waals surface area contributed by atoms with E-state index in [1.807, 2.05) is 6.07 Å². The zero-order chi connectivity index (χ0) is 23.4. The van der Waals surface area contributed by atoms with Gasteiger partial charge in [-0.3, -0.25) is 4.79 Å². The third-order valence-corrected chi connectivity index (χ3v) is 9.99. The van der Waals surface area contributed by atoms with Gasteiger partial charge in [-0.25, -0.2) is 4.79 Å². The second kappa shape index (κ2) is 8.14. The van der Waals surface area contributed by atoms with Crippen LogP contribution in [0.3, 0.4) is 0 Å². The Balaban J connectivity index is 1.49. The van der Waals surface area contributed by atoms with Gasteiger partial charge in [0.1, 0.15) is 0 Å². The van der Waals surface area contributed by atoms with Gasteiger partial charge >= 0.3 is 11.9 Å². The molecule has 4 nitrogen and oxygen atoms in total. The standard InChI is InChI=1S/C29H36O4/c1-28-14-13-24-21(23(28)11-12-25(28)26(30)31)10-9-20-16-22(27(32)33-3)19(17-29(20,24)2)15-18-7-5-4-6-8-18/h4-9,16,19,21,23-25H,10-15,17H2,1-3H3,(H,30,31)/t19-,21+,23+,24+,25-,28+,29+/m1/s1. The molecular formula is C29H36O4. The van der Waals surface area contributed by atoms with Crippen LogP contribution in [0.25, 0.3) is 0 Å². The van der Waals surface area contributed by atoms with E-state index in [1.54, 1.807) is 0 Å². The van der Waals surface area contributed by atoms with Gasteiger partial charge in [-0.15, -0.1) is 0 Å². The fourth-order valence-corrected chi connectivity index (χ4v) is 8.35. The Kier molecular flexibility index (Phi) is 5.54. The molecule has 1 N–H and O–H groups in total. The molecule has 1 aromatic carbocycles. The smallest absolute Gasteiger partial charge is 0.334 e. The van der Waals surface area contributed by atoms with E-state index in [-0.39, 0.29) is 28.6 Å². The Morgan fingerprint density at radius 2 is 1.85 bits per heavy atom. The first-order valence-corrected chi connectivity index (χ1v) is 12.5. The van der Waals surface area contributed by atoms with Gasteiger partial charge in [0.15, 0.2) is 0 Å². The lowest BCUT2D eigenvalue weighted by Gasteiger charge is -2.57. The highest BCUT2D eigenvalue weighted by molar-refractivity contribution is 5.90. The Morgan fingerprint density at radius 1 is 1.09 bits per heavy atom. The molecule has 33 heavy (non-hydrogen) atoms. The summed E-state index contributed by atoms with van der Waals surface area (Å²) in [4.78, 5) is 24.7. The van der Waals surface area contributed by atoms with E-state index >= 15 is 0 Å². The van der Waals surface area contributed by atoms with Gasteiger partial charge in [0.05, 0.1) is 13.0 Å². The summed E-state index contributed by atoms with van der Waals surface area (Å²) in [7, 11) is 1.47. The van der Waals surface area contributed by atoms with E-state index in [0.29, 0.717) is 17.8 Å². The summed E-state index contributed by atoms with van der Waals surface area (Å²) in [5.41, 5.74) is 3.28. The van der Waals surface area contributed by atoms with E-state index in [4.69, 9.17) is 4.74 Å². The lowest BCUT2D eigenvalue weighted by molar-refractivity contribution is -0.148. The molecule has 0 bridgehead atoms. The number of rotatable bonds is 4. The van der Waals surface area contributed by atoms with Crippen molar-refractivity contribution < 1.29 is 19.4 Å². The van der Waals surface area contributed by atoms with E-state index < -0.39 is 5.97 Å². The predicted octanol–water partition coefficient (Wildman–Crippen LogP) is 5.83. The zero-order valence-corrected chi connectivity index (χ0v) is 20.0. The second-order valence-electron chi connectivity index (χ2n) is 11.4. The highest BCUT2D eigenvalue weighted by Gasteiger charge is 2.60. The number of hydrogen-bond donors (Lipinski definition) is 1. The fraction of sp³-hybridized carbons (Fsp3) is 0.586. The summed E-state index contributed by atoms with van der Waals surface area (Å²) in [6, 6.07) is 10.4. The molecule has 1 aromatic rings. The van der Waals surface area contributed by atoms with Gasteiger partial charge < -0.3 is 9.84 Å². The van der Waals surface area contributed by atoms with Crippen LogP contribution in [0, 0.1) is 40.4 Å². The number of carbonyl (C=O) groups is 2. The molecule has 7 atom stereocenters. The van der Waals surface area contributed by atoms with E-state index in [2.05, 4.69) is 50.3 Å². The molecular weight excluding hydrogens is 412 g/mol. The van der Waals surface area contributed by atoms with Crippen molar-refractivity contribution in [3.63, 3.8) is 0 Å². The zero-order valence-electron chi connectivity index (χ0n) is 20.0. The number of aliphatic carboxylic acids is 1. The van der Waals surface area contributed by atoms with Crippen LogP contribution in [0.4, 0.5) is 0 Å². The van der Waals surface area contributed by atoms with Gasteiger partial charge in [-0.2, -0.15) is 0 Å². The van der Waals surface area contributed by atoms with E-state index in [0.717, 1.165) is 50.5 Å². The average Bonchev–Trinajstić information content (AvgIpc) is 3.16. The Labute approximate surface area is 197 Å². The van der Waals surface area contributed by atoms with Crippen molar-refractivity contribution in [2.24, 2.45) is 40.4 Å². The lowest BCUT2D eigenvalue weighted by Crippen LogP contribution is -2.51. The number of esters is 1. The minimum Gasteiger partial charge on any atom is -0.481 e. The molecule has 0 saturated heterocycles. The number of carboxylic acid groups (broad SMARTS) is 1. The number of benzene rings is 1. The number of carboxylic acids is 1. The molecule has 0 aromatic heterocycles. The van der Waals surface area contributed by atoms with Crippen molar-refractivity contribution in [1.82, 2.24) is 0 Å². The molecule has 4 heteroatoms. The normalized spacial score (nSPS) is 39.4. The monoisotopic (exact) mass is 448 g/mol. The van der Waals surface area contributed by atoms with Crippen LogP contribution in [0.2, 0.25) is 0 Å². The van der Waals surface area contributed by atoms with Gasteiger partial charge in [0, 0.05) is 5.57 Å². The summed E-state index contributed by atoms with van der Waals surface area (Å²) < 4.78 is 5.19. The molecule has 0 heterocycles. The van der Waals surface area contributed by atoms with Gasteiger partial charge in [-0.05, 0) is 96.7 Å². The van der Waals surface area contributed by atoms with Crippen LogP contribution < -0.4 is 0 Å². The maximum Gasteiger partial charge on any atom is 0.334 e. The third kappa shape index (κ3) is 3.48. The topological polar surface area (TPSA) is 63.6 Å². The van der Waals surface area contributed by atoms with Crippen LogP contribution in [-0.4, -0.2) is 24.2 Å². The van der Waals surface area contributed by atoms with Crippen LogP contribution in [0.5, 0.6) is 0 Å². The van der Waals surface area contributed by atoms with Crippen molar-refractivity contribution in [2.45, 2.75) is 58.8 Å². The Hall–Kier alpha value is -2.36. The summed E-state index contributed by atoms with van der Waals surface area (Å²) >= 11 is 0. The SMILES string of the molecule is COC(=O)C1=CC2=CC[C@H]3[C@@H]4CC[C@H](C(=O)O)[C@@]4(C)CC[C@@H]3[C@@]2(C)C[C@H]1Cc1ccccc1. The molecule has 5 rings (SSSR count). The molecule has 2 saturated carbocycles. The number of carbonyl (C=O) groups excluding carboxylic acids is 1. The van der Waals surface area contributed by atoms with Crippen molar-refractivity contribution in [2.75, 3.05) is 7.11 Å². The van der Waals surface area contributed by atoms with Gasteiger partial charge in [-0.1, -0.05) is 50.3 Å². The molecule has 2 fully saturated rings. The van der Waals surface area contributed by atoms with Crippen molar-refractivity contribution in [3.05, 3.63) is 59.2 Å². The highest BCUT2D eigenvalue weighted by Crippen LogP contribution is 2.66. The molecule has 0 amide bonds. The minimum absolute atomic E-state index is 0.0164. The fourth-order valence-electron chi connectivity index (χ4n) is 8.35. The number of methoxy groups -OCH3 is 1.